The Morgan fingerprint density at radius 3 is 2.64 bits per heavy atom. The molecular weight excluding hydrogens is 480 g/mol. The molecule has 8 heteroatoms. The van der Waals surface area contributed by atoms with Crippen molar-refractivity contribution in [3.8, 4) is 0 Å². The summed E-state index contributed by atoms with van der Waals surface area (Å²) >= 11 is 10.3. The van der Waals surface area contributed by atoms with Crippen LogP contribution in [0.2, 0.25) is 0 Å². The van der Waals surface area contributed by atoms with Gasteiger partial charge in [0.25, 0.3) is 5.91 Å². The van der Waals surface area contributed by atoms with Crippen LogP contribution in [0.1, 0.15) is 5.56 Å². The second-order valence-electron chi connectivity index (χ2n) is 4.18. The standard InChI is InChI=1S/C14H11Br3N4O/c15-10-4-11(16)14(12(17)5-10)19-8-13(22)21-20-7-9-2-1-3-18-6-9/h1-7,19H,8H2,(H,21,22). The number of anilines is 1. The lowest BCUT2D eigenvalue weighted by Gasteiger charge is -2.10. The van der Waals surface area contributed by atoms with E-state index in [9.17, 15) is 4.79 Å². The number of pyridine rings is 1. The molecule has 0 saturated heterocycles. The Morgan fingerprint density at radius 2 is 2.00 bits per heavy atom. The van der Waals surface area contributed by atoms with E-state index in [1.807, 2.05) is 18.2 Å². The second-order valence-corrected chi connectivity index (χ2v) is 6.80. The normalized spacial score (nSPS) is 10.7. The van der Waals surface area contributed by atoms with Gasteiger partial charge in [-0.3, -0.25) is 9.78 Å². The number of nitrogens with zero attached hydrogens (tertiary/aromatic N) is 2. The highest BCUT2D eigenvalue weighted by molar-refractivity contribution is 9.11. The van der Waals surface area contributed by atoms with Crippen LogP contribution in [-0.4, -0.2) is 23.7 Å². The van der Waals surface area contributed by atoms with Crippen LogP contribution >= 0.6 is 47.8 Å². The second kappa shape index (κ2) is 8.40. The number of hydrogen-bond donors (Lipinski definition) is 2. The van der Waals surface area contributed by atoms with Gasteiger partial charge in [0.1, 0.15) is 0 Å². The molecule has 5 nitrogen and oxygen atoms in total. The Morgan fingerprint density at radius 1 is 1.27 bits per heavy atom. The van der Waals surface area contributed by atoms with Crippen LogP contribution in [0.25, 0.3) is 0 Å². The van der Waals surface area contributed by atoms with Gasteiger partial charge < -0.3 is 5.32 Å². The summed E-state index contributed by atoms with van der Waals surface area (Å²) in [5.74, 6) is -0.248. The molecule has 0 radical (unpaired) electrons. The van der Waals surface area contributed by atoms with E-state index in [1.165, 1.54) is 6.21 Å². The average molecular weight is 491 g/mol. The number of hydrogen-bond acceptors (Lipinski definition) is 4. The fourth-order valence-corrected chi connectivity index (χ4v) is 4.09. The molecule has 0 spiro atoms. The van der Waals surface area contributed by atoms with E-state index in [-0.39, 0.29) is 12.5 Å². The average Bonchev–Trinajstić information content (AvgIpc) is 2.47. The molecule has 0 aliphatic carbocycles. The molecular formula is C14H11Br3N4O. The molecule has 0 fully saturated rings. The van der Waals surface area contributed by atoms with E-state index in [0.717, 1.165) is 24.7 Å². The summed E-state index contributed by atoms with van der Waals surface area (Å²) in [6.07, 6.45) is 4.87. The maximum absolute atomic E-state index is 11.8. The van der Waals surface area contributed by atoms with Crippen molar-refractivity contribution < 1.29 is 4.79 Å². The van der Waals surface area contributed by atoms with Crippen LogP contribution in [0, 0.1) is 0 Å². The lowest BCUT2D eigenvalue weighted by molar-refractivity contribution is -0.119. The molecule has 0 saturated carbocycles. The van der Waals surface area contributed by atoms with Gasteiger partial charge in [0.05, 0.1) is 18.4 Å². The monoisotopic (exact) mass is 488 g/mol. The van der Waals surface area contributed by atoms with E-state index in [4.69, 9.17) is 0 Å². The predicted molar refractivity (Wildman–Crippen MR) is 98.0 cm³/mol. The number of aromatic nitrogens is 1. The topological polar surface area (TPSA) is 66.4 Å². The molecule has 2 rings (SSSR count). The van der Waals surface area contributed by atoms with Crippen molar-refractivity contribution >= 4 is 65.6 Å². The van der Waals surface area contributed by atoms with E-state index in [1.54, 1.807) is 18.5 Å². The minimum atomic E-state index is -0.248. The molecule has 22 heavy (non-hydrogen) atoms. The Hall–Kier alpha value is -1.25. The molecule has 1 heterocycles. The van der Waals surface area contributed by atoms with Crippen molar-refractivity contribution in [2.24, 2.45) is 5.10 Å². The third-order valence-electron chi connectivity index (χ3n) is 2.52. The molecule has 0 aliphatic heterocycles. The maximum Gasteiger partial charge on any atom is 0.259 e. The van der Waals surface area contributed by atoms with Crippen LogP contribution in [0.5, 0.6) is 0 Å². The lowest BCUT2D eigenvalue weighted by Crippen LogP contribution is -2.26. The first-order valence-electron chi connectivity index (χ1n) is 6.16. The Labute approximate surface area is 153 Å². The molecule has 0 unspecified atom stereocenters. The number of benzene rings is 1. The van der Waals surface area contributed by atoms with E-state index < -0.39 is 0 Å². The van der Waals surface area contributed by atoms with Gasteiger partial charge >= 0.3 is 0 Å². The molecule has 0 aliphatic rings. The Balaban J connectivity index is 1.87. The summed E-state index contributed by atoms with van der Waals surface area (Å²) in [4.78, 5) is 15.7. The fourth-order valence-electron chi connectivity index (χ4n) is 1.55. The molecule has 2 aromatic rings. The summed E-state index contributed by atoms with van der Waals surface area (Å²) in [5.41, 5.74) is 4.07. The van der Waals surface area contributed by atoms with Crippen LogP contribution in [0.4, 0.5) is 5.69 Å². The zero-order valence-electron chi connectivity index (χ0n) is 11.2. The third-order valence-corrected chi connectivity index (χ3v) is 4.23. The molecule has 114 valence electrons. The van der Waals surface area contributed by atoms with Crippen molar-refractivity contribution in [1.82, 2.24) is 10.4 Å². The van der Waals surface area contributed by atoms with Crippen LogP contribution in [-0.2, 0) is 4.79 Å². The number of rotatable bonds is 5. The van der Waals surface area contributed by atoms with Crippen molar-refractivity contribution in [2.45, 2.75) is 0 Å². The van der Waals surface area contributed by atoms with Gasteiger partial charge in [0.15, 0.2) is 0 Å². The molecule has 0 bridgehead atoms. The van der Waals surface area contributed by atoms with Crippen LogP contribution in [0.3, 0.4) is 0 Å². The largest absolute Gasteiger partial charge is 0.374 e. The number of amides is 1. The molecule has 1 aromatic carbocycles. The number of halogens is 3. The zero-order chi connectivity index (χ0) is 15.9. The number of hydrazone groups is 1. The minimum absolute atomic E-state index is 0.100. The highest BCUT2D eigenvalue weighted by Gasteiger charge is 2.08. The maximum atomic E-state index is 11.8. The summed E-state index contributed by atoms with van der Waals surface area (Å²) in [6, 6.07) is 7.43. The Bertz CT molecular complexity index is 669. The molecule has 0 atom stereocenters. The van der Waals surface area contributed by atoms with Crippen LogP contribution in [0.15, 0.2) is 55.2 Å². The summed E-state index contributed by atoms with van der Waals surface area (Å²) in [7, 11) is 0. The molecule has 1 aromatic heterocycles. The van der Waals surface area contributed by atoms with Gasteiger partial charge in [-0.25, -0.2) is 5.43 Å². The SMILES string of the molecule is O=C(CNc1c(Br)cc(Br)cc1Br)NN=Cc1cccnc1. The predicted octanol–water partition coefficient (Wildman–Crippen LogP) is 3.93. The molecule has 1 amide bonds. The lowest BCUT2D eigenvalue weighted by atomic mass is 10.3. The highest BCUT2D eigenvalue weighted by Crippen LogP contribution is 2.34. The summed E-state index contributed by atoms with van der Waals surface area (Å²) in [6.45, 7) is 0.100. The zero-order valence-corrected chi connectivity index (χ0v) is 15.9. The minimum Gasteiger partial charge on any atom is -0.374 e. The van der Waals surface area contributed by atoms with E-state index in [0.29, 0.717) is 0 Å². The summed E-state index contributed by atoms with van der Waals surface area (Å²) in [5, 5.41) is 6.92. The van der Waals surface area contributed by atoms with Gasteiger partial charge in [0, 0.05) is 31.4 Å². The van der Waals surface area contributed by atoms with Gasteiger partial charge in [0.2, 0.25) is 0 Å². The van der Waals surface area contributed by atoms with Gasteiger partial charge in [-0.2, -0.15) is 5.10 Å². The van der Waals surface area contributed by atoms with Crippen molar-refractivity contribution in [2.75, 3.05) is 11.9 Å². The third kappa shape index (κ3) is 5.19. The fraction of sp³-hybridized carbons (Fsp3) is 0.0714. The van der Waals surface area contributed by atoms with Crippen LogP contribution < -0.4 is 10.7 Å². The highest BCUT2D eigenvalue weighted by atomic mass is 79.9. The smallest absolute Gasteiger partial charge is 0.259 e. The first-order chi connectivity index (χ1) is 10.6. The first kappa shape index (κ1) is 17.1. The van der Waals surface area contributed by atoms with Crippen molar-refractivity contribution in [1.29, 1.82) is 0 Å². The Kier molecular flexibility index (Phi) is 6.53. The van der Waals surface area contributed by atoms with E-state index in [2.05, 4.69) is 68.6 Å². The first-order valence-corrected chi connectivity index (χ1v) is 8.54. The number of nitrogens with one attached hydrogen (secondary N) is 2. The van der Waals surface area contributed by atoms with Gasteiger partial charge in [-0.15, -0.1) is 0 Å². The summed E-state index contributed by atoms with van der Waals surface area (Å²) < 4.78 is 2.63. The van der Waals surface area contributed by atoms with E-state index >= 15 is 0 Å². The van der Waals surface area contributed by atoms with Gasteiger partial charge in [-0.05, 0) is 50.1 Å². The quantitative estimate of drug-likeness (QED) is 0.493. The number of carbonyl (C=O) groups is 1. The van der Waals surface area contributed by atoms with Crippen molar-refractivity contribution in [3.63, 3.8) is 0 Å². The molecule has 2 N–H and O–H groups in total. The van der Waals surface area contributed by atoms with Gasteiger partial charge in [-0.1, -0.05) is 22.0 Å². The van der Waals surface area contributed by atoms with Crippen molar-refractivity contribution in [3.05, 3.63) is 55.6 Å². The number of carbonyl (C=O) groups excluding carboxylic acids is 1.